The Hall–Kier alpha value is -2.40. The van der Waals surface area contributed by atoms with Crippen LogP contribution < -0.4 is 5.32 Å². The highest BCUT2D eigenvalue weighted by atomic mass is 35.5. The van der Waals surface area contributed by atoms with Crippen molar-refractivity contribution < 1.29 is 14.3 Å². The molecular formula is C16H15ClN2O3. The third-order valence-electron chi connectivity index (χ3n) is 3.10. The van der Waals surface area contributed by atoms with E-state index < -0.39 is 17.9 Å². The minimum atomic E-state index is -0.822. The lowest BCUT2D eigenvalue weighted by Crippen LogP contribution is -2.43. The average molecular weight is 319 g/mol. The van der Waals surface area contributed by atoms with E-state index in [1.165, 1.54) is 13.3 Å². The minimum Gasteiger partial charge on any atom is -0.467 e. The lowest BCUT2D eigenvalue weighted by atomic mass is 10.1. The number of hydrogen-bond acceptors (Lipinski definition) is 4. The van der Waals surface area contributed by atoms with Gasteiger partial charge in [-0.25, -0.2) is 4.79 Å². The number of nitrogens with one attached hydrogen (secondary N) is 1. The monoisotopic (exact) mass is 318 g/mol. The maximum atomic E-state index is 12.2. The smallest absolute Gasteiger partial charge is 0.328 e. The van der Waals surface area contributed by atoms with Crippen LogP contribution in [0.5, 0.6) is 0 Å². The molecule has 114 valence electrons. The zero-order chi connectivity index (χ0) is 15.9. The third-order valence-corrected chi connectivity index (χ3v) is 3.47. The Morgan fingerprint density at radius 3 is 2.68 bits per heavy atom. The number of ether oxygens (including phenoxy) is 1. The summed E-state index contributed by atoms with van der Waals surface area (Å²) < 4.78 is 4.75. The molecule has 1 aromatic carbocycles. The second-order valence-corrected chi connectivity index (χ2v) is 4.99. The molecule has 2 rings (SSSR count). The van der Waals surface area contributed by atoms with Crippen LogP contribution >= 0.6 is 11.6 Å². The van der Waals surface area contributed by atoms with E-state index in [2.05, 4.69) is 10.3 Å². The van der Waals surface area contributed by atoms with Gasteiger partial charge in [-0.15, -0.1) is 0 Å². The maximum absolute atomic E-state index is 12.2. The fourth-order valence-electron chi connectivity index (χ4n) is 1.96. The number of benzene rings is 1. The minimum absolute atomic E-state index is 0.248. The van der Waals surface area contributed by atoms with E-state index in [0.717, 1.165) is 5.56 Å². The summed E-state index contributed by atoms with van der Waals surface area (Å²) in [4.78, 5) is 27.9. The zero-order valence-corrected chi connectivity index (χ0v) is 12.7. The summed E-state index contributed by atoms with van der Waals surface area (Å²) in [6, 6.07) is 9.59. The molecule has 0 unspecified atom stereocenters. The lowest BCUT2D eigenvalue weighted by molar-refractivity contribution is -0.142. The van der Waals surface area contributed by atoms with Crippen molar-refractivity contribution in [1.29, 1.82) is 0 Å². The summed E-state index contributed by atoms with van der Waals surface area (Å²) in [7, 11) is 1.28. The number of carbonyl (C=O) groups excluding carboxylic acids is 2. The molecule has 0 saturated carbocycles. The predicted octanol–water partition coefficient (Wildman–Crippen LogP) is 2.25. The molecule has 0 fully saturated rings. The van der Waals surface area contributed by atoms with Gasteiger partial charge in [0.15, 0.2) is 0 Å². The molecule has 22 heavy (non-hydrogen) atoms. The van der Waals surface area contributed by atoms with Crippen molar-refractivity contribution in [2.45, 2.75) is 12.5 Å². The van der Waals surface area contributed by atoms with Crippen molar-refractivity contribution in [3.63, 3.8) is 0 Å². The number of pyridine rings is 1. The van der Waals surface area contributed by atoms with Crippen LogP contribution in [0.1, 0.15) is 15.9 Å². The molecule has 0 saturated heterocycles. The SMILES string of the molecule is COC(=O)[C@H](Cc1ccccc1Cl)NC(=O)c1cccnc1. The van der Waals surface area contributed by atoms with Gasteiger partial charge in [0, 0.05) is 23.8 Å². The van der Waals surface area contributed by atoms with Crippen LogP contribution in [-0.4, -0.2) is 30.0 Å². The number of rotatable bonds is 5. The molecule has 1 amide bonds. The van der Waals surface area contributed by atoms with Crippen LogP contribution in [0, 0.1) is 0 Å². The summed E-state index contributed by atoms with van der Waals surface area (Å²) in [5, 5.41) is 3.18. The van der Waals surface area contributed by atoms with Gasteiger partial charge >= 0.3 is 5.97 Å². The summed E-state index contributed by atoms with van der Waals surface area (Å²) in [6.07, 6.45) is 3.25. The lowest BCUT2D eigenvalue weighted by Gasteiger charge is -2.17. The Morgan fingerprint density at radius 1 is 1.27 bits per heavy atom. The first-order valence-electron chi connectivity index (χ1n) is 6.64. The highest BCUT2D eigenvalue weighted by Crippen LogP contribution is 2.17. The van der Waals surface area contributed by atoms with E-state index in [1.54, 1.807) is 36.5 Å². The molecule has 0 spiro atoms. The molecule has 1 aromatic heterocycles. The van der Waals surface area contributed by atoms with Crippen molar-refractivity contribution >= 4 is 23.5 Å². The van der Waals surface area contributed by atoms with E-state index >= 15 is 0 Å². The van der Waals surface area contributed by atoms with Crippen LogP contribution in [0.3, 0.4) is 0 Å². The molecule has 0 radical (unpaired) electrons. The fraction of sp³-hybridized carbons (Fsp3) is 0.188. The summed E-state index contributed by atoms with van der Waals surface area (Å²) in [5.41, 5.74) is 1.13. The van der Waals surface area contributed by atoms with E-state index in [0.29, 0.717) is 10.6 Å². The number of aromatic nitrogens is 1. The highest BCUT2D eigenvalue weighted by Gasteiger charge is 2.23. The maximum Gasteiger partial charge on any atom is 0.328 e. The molecule has 5 nitrogen and oxygen atoms in total. The third kappa shape index (κ3) is 4.05. The first kappa shape index (κ1) is 16.0. The molecule has 2 aromatic rings. The predicted molar refractivity (Wildman–Crippen MR) is 82.7 cm³/mol. The van der Waals surface area contributed by atoms with Gasteiger partial charge in [0.05, 0.1) is 12.7 Å². The molecule has 6 heteroatoms. The Labute approximate surface area is 133 Å². The molecule has 0 aliphatic heterocycles. The van der Waals surface area contributed by atoms with Crippen LogP contribution in [0.15, 0.2) is 48.8 Å². The Bertz CT molecular complexity index is 661. The van der Waals surface area contributed by atoms with E-state index in [9.17, 15) is 9.59 Å². The van der Waals surface area contributed by atoms with Crippen molar-refractivity contribution in [3.8, 4) is 0 Å². The first-order chi connectivity index (χ1) is 10.6. The number of nitrogens with zero attached hydrogens (tertiary/aromatic N) is 1. The quantitative estimate of drug-likeness (QED) is 0.859. The molecule has 1 N–H and O–H groups in total. The van der Waals surface area contributed by atoms with E-state index in [-0.39, 0.29) is 6.42 Å². The van der Waals surface area contributed by atoms with Gasteiger partial charge in [0.2, 0.25) is 0 Å². The van der Waals surface area contributed by atoms with Gasteiger partial charge in [0.1, 0.15) is 6.04 Å². The van der Waals surface area contributed by atoms with E-state index in [4.69, 9.17) is 16.3 Å². The second-order valence-electron chi connectivity index (χ2n) is 4.59. The molecule has 1 heterocycles. The summed E-state index contributed by atoms with van der Waals surface area (Å²) in [5.74, 6) is -0.923. The van der Waals surface area contributed by atoms with Crippen LogP contribution in [0.4, 0.5) is 0 Å². The van der Waals surface area contributed by atoms with Gasteiger partial charge in [-0.1, -0.05) is 29.8 Å². The van der Waals surface area contributed by atoms with Crippen LogP contribution in [-0.2, 0) is 16.0 Å². The zero-order valence-electron chi connectivity index (χ0n) is 12.0. The number of amides is 1. The van der Waals surface area contributed by atoms with Gasteiger partial charge in [-0.05, 0) is 23.8 Å². The van der Waals surface area contributed by atoms with E-state index in [1.807, 2.05) is 6.07 Å². The topological polar surface area (TPSA) is 68.3 Å². The van der Waals surface area contributed by atoms with Gasteiger partial charge in [0.25, 0.3) is 5.91 Å². The van der Waals surface area contributed by atoms with Crippen LogP contribution in [0.25, 0.3) is 0 Å². The van der Waals surface area contributed by atoms with Crippen molar-refractivity contribution in [3.05, 3.63) is 64.9 Å². The second kappa shape index (κ2) is 7.56. The highest BCUT2D eigenvalue weighted by molar-refractivity contribution is 6.31. The van der Waals surface area contributed by atoms with Crippen LogP contribution in [0.2, 0.25) is 5.02 Å². The molecule has 0 bridgehead atoms. The number of halogens is 1. The van der Waals surface area contributed by atoms with Crippen molar-refractivity contribution in [2.24, 2.45) is 0 Å². The molecule has 0 aliphatic carbocycles. The van der Waals surface area contributed by atoms with Crippen molar-refractivity contribution in [2.75, 3.05) is 7.11 Å². The molecule has 1 atom stereocenters. The normalized spacial score (nSPS) is 11.5. The summed E-state index contributed by atoms with van der Waals surface area (Å²) in [6.45, 7) is 0. The largest absolute Gasteiger partial charge is 0.467 e. The van der Waals surface area contributed by atoms with Gasteiger partial charge < -0.3 is 10.1 Å². The number of esters is 1. The Balaban J connectivity index is 2.15. The average Bonchev–Trinajstić information content (AvgIpc) is 2.56. The molecule has 0 aliphatic rings. The van der Waals surface area contributed by atoms with Gasteiger partial charge in [-0.2, -0.15) is 0 Å². The molecular weight excluding hydrogens is 304 g/mol. The summed E-state index contributed by atoms with van der Waals surface area (Å²) >= 11 is 6.09. The number of methoxy groups -OCH3 is 1. The fourth-order valence-corrected chi connectivity index (χ4v) is 2.17. The first-order valence-corrected chi connectivity index (χ1v) is 7.01. The number of hydrogen-bond donors (Lipinski definition) is 1. The Morgan fingerprint density at radius 2 is 2.05 bits per heavy atom. The standard InChI is InChI=1S/C16H15ClN2O3/c1-22-16(21)14(9-11-5-2-3-7-13(11)17)19-15(20)12-6-4-8-18-10-12/h2-8,10,14H,9H2,1H3,(H,19,20)/t14-/m0/s1. The van der Waals surface area contributed by atoms with Gasteiger partial charge in [-0.3, -0.25) is 9.78 Å². The Kier molecular flexibility index (Phi) is 5.49. The number of carbonyl (C=O) groups is 2. The van der Waals surface area contributed by atoms with Crippen molar-refractivity contribution in [1.82, 2.24) is 10.3 Å².